The predicted molar refractivity (Wildman–Crippen MR) is 29.9 cm³/mol. The molecule has 3 atom stereocenters. The van der Waals surface area contributed by atoms with Crippen LogP contribution in [0.1, 0.15) is 6.92 Å². The number of alkyl halides is 1. The predicted octanol–water partition coefficient (Wildman–Crippen LogP) is 0.944. The number of hydrogen-bond donors (Lipinski definition) is 1. The SMILES string of the molecule is CC1C(Cl)C1C(=O)O. The summed E-state index contributed by atoms with van der Waals surface area (Å²) in [4.78, 5) is 10.1. The van der Waals surface area contributed by atoms with Gasteiger partial charge in [0.25, 0.3) is 0 Å². The van der Waals surface area contributed by atoms with Gasteiger partial charge in [-0.2, -0.15) is 0 Å². The smallest absolute Gasteiger partial charge is 0.308 e. The van der Waals surface area contributed by atoms with Crippen molar-refractivity contribution in [2.75, 3.05) is 0 Å². The number of rotatable bonds is 1. The monoisotopic (exact) mass is 134 g/mol. The van der Waals surface area contributed by atoms with Crippen LogP contribution in [0.4, 0.5) is 0 Å². The maximum atomic E-state index is 10.1. The third-order valence-electron chi connectivity index (χ3n) is 1.56. The van der Waals surface area contributed by atoms with E-state index in [9.17, 15) is 4.79 Å². The number of carboxylic acids is 1. The first-order valence-corrected chi connectivity index (χ1v) is 2.95. The second-order valence-electron chi connectivity index (χ2n) is 2.17. The summed E-state index contributed by atoms with van der Waals surface area (Å²) in [6.45, 7) is 1.84. The molecule has 8 heavy (non-hydrogen) atoms. The molecule has 3 unspecified atom stereocenters. The van der Waals surface area contributed by atoms with E-state index in [0.29, 0.717) is 0 Å². The Hall–Kier alpha value is -0.240. The normalized spacial score (nSPS) is 44.0. The van der Waals surface area contributed by atoms with Gasteiger partial charge in [0.2, 0.25) is 0 Å². The summed E-state index contributed by atoms with van der Waals surface area (Å²) in [5.74, 6) is -0.872. The molecule has 0 radical (unpaired) electrons. The molecule has 0 amide bonds. The second-order valence-corrected chi connectivity index (χ2v) is 2.67. The Morgan fingerprint density at radius 1 is 1.75 bits per heavy atom. The standard InChI is InChI=1S/C5H7ClO2/c1-2-3(4(2)6)5(7)8/h2-4H,1H3,(H,7,8). The molecule has 0 aromatic rings. The first-order chi connectivity index (χ1) is 3.64. The van der Waals surface area contributed by atoms with Gasteiger partial charge < -0.3 is 5.11 Å². The fourth-order valence-corrected chi connectivity index (χ4v) is 1.19. The van der Waals surface area contributed by atoms with Crippen molar-refractivity contribution in [3.05, 3.63) is 0 Å². The van der Waals surface area contributed by atoms with Crippen molar-refractivity contribution in [3.63, 3.8) is 0 Å². The highest BCUT2D eigenvalue weighted by Gasteiger charge is 2.50. The van der Waals surface area contributed by atoms with Crippen LogP contribution >= 0.6 is 11.6 Å². The molecule has 1 aliphatic rings. The number of halogens is 1. The summed E-state index contributed by atoms with van der Waals surface area (Å²) < 4.78 is 0. The Morgan fingerprint density at radius 2 is 2.12 bits per heavy atom. The van der Waals surface area contributed by atoms with Gasteiger partial charge in [-0.1, -0.05) is 6.92 Å². The molecule has 46 valence electrons. The highest BCUT2D eigenvalue weighted by molar-refractivity contribution is 6.24. The van der Waals surface area contributed by atoms with Gasteiger partial charge in [0.05, 0.1) is 11.3 Å². The summed E-state index contributed by atoms with van der Waals surface area (Å²) in [7, 11) is 0. The van der Waals surface area contributed by atoms with Crippen LogP contribution in [0.2, 0.25) is 0 Å². The highest BCUT2D eigenvalue weighted by atomic mass is 35.5. The van der Waals surface area contributed by atoms with Crippen LogP contribution in [0.25, 0.3) is 0 Å². The van der Waals surface area contributed by atoms with Crippen molar-refractivity contribution in [3.8, 4) is 0 Å². The molecule has 3 heteroatoms. The lowest BCUT2D eigenvalue weighted by Crippen LogP contribution is -1.99. The van der Waals surface area contributed by atoms with Crippen LogP contribution in [-0.2, 0) is 4.79 Å². The molecule has 1 rings (SSSR count). The molecule has 0 heterocycles. The summed E-state index contributed by atoms with van der Waals surface area (Å²) >= 11 is 5.52. The van der Waals surface area contributed by atoms with E-state index in [1.54, 1.807) is 0 Å². The molecule has 1 N–H and O–H groups in total. The first kappa shape index (κ1) is 5.89. The van der Waals surface area contributed by atoms with Crippen molar-refractivity contribution in [1.29, 1.82) is 0 Å². The van der Waals surface area contributed by atoms with E-state index in [1.807, 2.05) is 6.92 Å². The number of hydrogen-bond acceptors (Lipinski definition) is 1. The van der Waals surface area contributed by atoms with E-state index >= 15 is 0 Å². The molecule has 0 aromatic heterocycles. The van der Waals surface area contributed by atoms with Gasteiger partial charge in [-0.05, 0) is 5.92 Å². The van der Waals surface area contributed by atoms with Gasteiger partial charge in [0.15, 0.2) is 0 Å². The molecular formula is C5H7ClO2. The maximum Gasteiger partial charge on any atom is 0.308 e. The van der Waals surface area contributed by atoms with Gasteiger partial charge in [0.1, 0.15) is 0 Å². The highest BCUT2D eigenvalue weighted by Crippen LogP contribution is 2.43. The molecule has 1 aliphatic carbocycles. The fourth-order valence-electron chi connectivity index (χ4n) is 0.775. The van der Waals surface area contributed by atoms with E-state index < -0.39 is 5.97 Å². The van der Waals surface area contributed by atoms with Crippen molar-refractivity contribution < 1.29 is 9.90 Å². The minimum absolute atomic E-state index is 0.118. The Balaban J connectivity index is 2.44. The molecular weight excluding hydrogens is 128 g/mol. The Bertz CT molecular complexity index is 116. The molecule has 0 saturated heterocycles. The number of aliphatic carboxylic acids is 1. The minimum atomic E-state index is -0.766. The zero-order valence-corrected chi connectivity index (χ0v) is 5.22. The van der Waals surface area contributed by atoms with Crippen LogP contribution in [0.5, 0.6) is 0 Å². The minimum Gasteiger partial charge on any atom is -0.481 e. The van der Waals surface area contributed by atoms with Gasteiger partial charge in [-0.15, -0.1) is 11.6 Å². The molecule has 0 aliphatic heterocycles. The van der Waals surface area contributed by atoms with Crippen molar-refractivity contribution in [1.82, 2.24) is 0 Å². The molecule has 1 saturated carbocycles. The van der Waals surface area contributed by atoms with E-state index in [4.69, 9.17) is 16.7 Å². The van der Waals surface area contributed by atoms with E-state index in [0.717, 1.165) is 0 Å². The van der Waals surface area contributed by atoms with Crippen LogP contribution in [-0.4, -0.2) is 16.5 Å². The summed E-state index contributed by atoms with van der Waals surface area (Å²) in [6, 6.07) is 0. The average Bonchev–Trinajstić information content (AvgIpc) is 2.15. The lowest BCUT2D eigenvalue weighted by Gasteiger charge is -1.80. The summed E-state index contributed by atoms with van der Waals surface area (Å²) in [5.41, 5.74) is 0. The van der Waals surface area contributed by atoms with E-state index in [-0.39, 0.29) is 17.2 Å². The quantitative estimate of drug-likeness (QED) is 0.542. The van der Waals surface area contributed by atoms with Crippen LogP contribution in [0.3, 0.4) is 0 Å². The van der Waals surface area contributed by atoms with Crippen molar-refractivity contribution >= 4 is 17.6 Å². The molecule has 0 aromatic carbocycles. The average molecular weight is 135 g/mol. The van der Waals surface area contributed by atoms with Gasteiger partial charge >= 0.3 is 5.97 Å². The Labute approximate surface area is 52.5 Å². The van der Waals surface area contributed by atoms with Crippen LogP contribution < -0.4 is 0 Å². The third-order valence-corrected chi connectivity index (χ3v) is 2.23. The zero-order chi connectivity index (χ0) is 6.31. The van der Waals surface area contributed by atoms with Gasteiger partial charge in [-0.25, -0.2) is 0 Å². The molecule has 2 nitrogen and oxygen atoms in total. The van der Waals surface area contributed by atoms with E-state index in [2.05, 4.69) is 0 Å². The van der Waals surface area contributed by atoms with Crippen molar-refractivity contribution in [2.45, 2.75) is 12.3 Å². The lowest BCUT2D eigenvalue weighted by atomic mass is 10.3. The lowest BCUT2D eigenvalue weighted by molar-refractivity contribution is -0.138. The second kappa shape index (κ2) is 1.62. The molecule has 0 bridgehead atoms. The Kier molecular flexibility index (Phi) is 1.19. The largest absolute Gasteiger partial charge is 0.481 e. The zero-order valence-electron chi connectivity index (χ0n) is 4.47. The fraction of sp³-hybridized carbons (Fsp3) is 0.800. The van der Waals surface area contributed by atoms with Gasteiger partial charge in [0, 0.05) is 0 Å². The molecule has 0 spiro atoms. The summed E-state index contributed by atoms with van der Waals surface area (Å²) in [5, 5.41) is 8.19. The molecule has 1 fully saturated rings. The first-order valence-electron chi connectivity index (χ1n) is 2.51. The van der Waals surface area contributed by atoms with Crippen LogP contribution in [0.15, 0.2) is 0 Å². The van der Waals surface area contributed by atoms with E-state index in [1.165, 1.54) is 0 Å². The topological polar surface area (TPSA) is 37.3 Å². The van der Waals surface area contributed by atoms with Crippen LogP contribution in [0, 0.1) is 11.8 Å². The summed E-state index contributed by atoms with van der Waals surface area (Å²) in [6.07, 6.45) is 0. The third kappa shape index (κ3) is 0.689. The van der Waals surface area contributed by atoms with Crippen molar-refractivity contribution in [2.24, 2.45) is 11.8 Å². The number of carboxylic acid groups (broad SMARTS) is 1. The Morgan fingerprint density at radius 3 is 2.12 bits per heavy atom. The van der Waals surface area contributed by atoms with Gasteiger partial charge in [-0.3, -0.25) is 4.79 Å². The number of carbonyl (C=O) groups is 1. The maximum absolute atomic E-state index is 10.1.